The molecule has 6 heteroatoms. The van der Waals surface area contributed by atoms with Crippen LogP contribution in [0.3, 0.4) is 0 Å². The Morgan fingerprint density at radius 3 is 3.00 bits per heavy atom. The zero-order valence-corrected chi connectivity index (χ0v) is 12.6. The molecule has 3 rings (SSSR count). The Labute approximate surface area is 128 Å². The number of halogens is 1. The Morgan fingerprint density at radius 2 is 2.14 bits per heavy atom. The van der Waals surface area contributed by atoms with Gasteiger partial charge in [-0.25, -0.2) is 4.98 Å². The highest BCUT2D eigenvalue weighted by Gasteiger charge is 2.09. The summed E-state index contributed by atoms with van der Waals surface area (Å²) < 4.78 is 11.1. The van der Waals surface area contributed by atoms with Crippen molar-refractivity contribution in [2.24, 2.45) is 0 Å². The van der Waals surface area contributed by atoms with Crippen molar-refractivity contribution < 1.29 is 9.47 Å². The minimum Gasteiger partial charge on any atom is -0.492 e. The molecular weight excluding hydrogens is 290 g/mol. The molecular formula is C15H18ClN3O2. The van der Waals surface area contributed by atoms with E-state index < -0.39 is 0 Å². The number of fused-ring (bicyclic) bond motifs is 1. The number of aromatic nitrogens is 2. The zero-order valence-electron chi connectivity index (χ0n) is 11.8. The molecule has 1 saturated heterocycles. The Morgan fingerprint density at radius 1 is 1.29 bits per heavy atom. The normalized spacial score (nSPS) is 16.2. The van der Waals surface area contributed by atoms with Crippen LogP contribution >= 0.6 is 11.6 Å². The number of pyridine rings is 2. The number of hydrogen-bond donors (Lipinski definition) is 0. The van der Waals surface area contributed by atoms with Crippen molar-refractivity contribution >= 4 is 22.6 Å². The summed E-state index contributed by atoms with van der Waals surface area (Å²) in [6.45, 7) is 5.41. The van der Waals surface area contributed by atoms with Gasteiger partial charge in [0.2, 0.25) is 0 Å². The van der Waals surface area contributed by atoms with E-state index in [4.69, 9.17) is 21.1 Å². The molecule has 0 aliphatic carbocycles. The topological polar surface area (TPSA) is 47.5 Å². The fourth-order valence-corrected chi connectivity index (χ4v) is 2.56. The quantitative estimate of drug-likeness (QED) is 0.794. The first-order chi connectivity index (χ1) is 10.3. The Balaban J connectivity index is 1.51. The average molecular weight is 308 g/mol. The summed E-state index contributed by atoms with van der Waals surface area (Å²) in [7, 11) is 0. The average Bonchev–Trinajstić information content (AvgIpc) is 2.53. The van der Waals surface area contributed by atoms with Gasteiger partial charge in [-0.05, 0) is 12.5 Å². The molecule has 0 spiro atoms. The summed E-state index contributed by atoms with van der Waals surface area (Å²) in [6, 6.07) is 3.61. The van der Waals surface area contributed by atoms with Crippen molar-refractivity contribution in [3.63, 3.8) is 0 Å². The molecule has 2 aromatic rings. The van der Waals surface area contributed by atoms with Crippen molar-refractivity contribution in [1.29, 1.82) is 0 Å². The van der Waals surface area contributed by atoms with Gasteiger partial charge in [-0.1, -0.05) is 11.6 Å². The van der Waals surface area contributed by atoms with E-state index in [9.17, 15) is 0 Å². The van der Waals surface area contributed by atoms with Crippen molar-refractivity contribution in [2.45, 2.75) is 6.42 Å². The second-order valence-electron chi connectivity index (χ2n) is 4.99. The Hall–Kier alpha value is -1.43. The lowest BCUT2D eigenvalue weighted by Gasteiger charge is -2.26. The molecule has 1 aliphatic heterocycles. The van der Waals surface area contributed by atoms with Gasteiger partial charge in [-0.3, -0.25) is 9.88 Å². The van der Waals surface area contributed by atoms with E-state index >= 15 is 0 Å². The van der Waals surface area contributed by atoms with Crippen LogP contribution in [0.2, 0.25) is 5.02 Å². The largest absolute Gasteiger partial charge is 0.492 e. The van der Waals surface area contributed by atoms with Crippen LogP contribution in [-0.4, -0.2) is 54.3 Å². The van der Waals surface area contributed by atoms with E-state index in [1.54, 1.807) is 18.5 Å². The second kappa shape index (κ2) is 7.02. The predicted octanol–water partition coefficient (Wildman–Crippen LogP) is 2.38. The fraction of sp³-hybridized carbons (Fsp3) is 0.467. The van der Waals surface area contributed by atoms with Crippen molar-refractivity contribution in [3.05, 3.63) is 29.5 Å². The molecule has 0 radical (unpaired) electrons. The number of hydrogen-bond acceptors (Lipinski definition) is 5. The van der Waals surface area contributed by atoms with E-state index in [1.807, 2.05) is 6.07 Å². The lowest BCUT2D eigenvalue weighted by Crippen LogP contribution is -2.37. The highest BCUT2D eigenvalue weighted by molar-refractivity contribution is 6.34. The Bertz CT molecular complexity index is 602. The van der Waals surface area contributed by atoms with Crippen LogP contribution in [-0.2, 0) is 4.74 Å². The van der Waals surface area contributed by atoms with Crippen molar-refractivity contribution in [3.8, 4) is 5.75 Å². The molecule has 1 fully saturated rings. The van der Waals surface area contributed by atoms with Crippen LogP contribution < -0.4 is 4.74 Å². The van der Waals surface area contributed by atoms with E-state index in [-0.39, 0.29) is 0 Å². The minimum absolute atomic E-state index is 0.610. The molecule has 0 amide bonds. The predicted molar refractivity (Wildman–Crippen MR) is 81.9 cm³/mol. The number of rotatable bonds is 5. The molecule has 0 aromatic carbocycles. The first kappa shape index (κ1) is 14.5. The highest BCUT2D eigenvalue weighted by atomic mass is 35.5. The molecule has 3 heterocycles. The van der Waals surface area contributed by atoms with Crippen LogP contribution in [0.4, 0.5) is 0 Å². The van der Waals surface area contributed by atoms with Crippen molar-refractivity contribution in [2.75, 3.05) is 39.5 Å². The van der Waals surface area contributed by atoms with Gasteiger partial charge in [0.1, 0.15) is 11.3 Å². The van der Waals surface area contributed by atoms with Crippen LogP contribution in [0.1, 0.15) is 6.42 Å². The third-order valence-electron chi connectivity index (χ3n) is 3.49. The van der Waals surface area contributed by atoms with Crippen LogP contribution in [0.5, 0.6) is 5.75 Å². The summed E-state index contributed by atoms with van der Waals surface area (Å²) in [6.07, 6.45) is 4.36. The summed E-state index contributed by atoms with van der Waals surface area (Å²) in [5.74, 6) is 0.735. The van der Waals surface area contributed by atoms with E-state index in [0.29, 0.717) is 17.1 Å². The molecule has 112 valence electrons. The molecule has 0 bridgehead atoms. The smallest absolute Gasteiger partial charge is 0.139 e. The van der Waals surface area contributed by atoms with Crippen LogP contribution in [0, 0.1) is 0 Å². The molecule has 0 unspecified atom stereocenters. The third-order valence-corrected chi connectivity index (χ3v) is 3.80. The van der Waals surface area contributed by atoms with Gasteiger partial charge >= 0.3 is 0 Å². The van der Waals surface area contributed by atoms with E-state index in [2.05, 4.69) is 14.9 Å². The van der Waals surface area contributed by atoms with Gasteiger partial charge in [0.25, 0.3) is 0 Å². The standard InChI is InChI=1S/C15H18ClN3O2/c16-13-2-3-17-14-10-12(11-18-15(13)14)21-7-1-4-19-5-8-20-9-6-19/h2-3,10-11H,1,4-9H2. The maximum atomic E-state index is 6.06. The second-order valence-corrected chi connectivity index (χ2v) is 5.39. The van der Waals surface area contributed by atoms with Crippen LogP contribution in [0.15, 0.2) is 24.5 Å². The monoisotopic (exact) mass is 307 g/mol. The van der Waals surface area contributed by atoms with Gasteiger partial charge in [0.15, 0.2) is 0 Å². The molecule has 1 aliphatic rings. The number of ether oxygens (including phenoxy) is 2. The lowest BCUT2D eigenvalue weighted by molar-refractivity contribution is 0.0358. The maximum Gasteiger partial charge on any atom is 0.139 e. The summed E-state index contributed by atoms with van der Waals surface area (Å²) in [4.78, 5) is 11.0. The molecule has 5 nitrogen and oxygen atoms in total. The SMILES string of the molecule is Clc1ccnc2cc(OCCCN3CCOCC3)cnc12. The number of morpholine rings is 1. The molecule has 0 saturated carbocycles. The van der Waals surface area contributed by atoms with Crippen molar-refractivity contribution in [1.82, 2.24) is 14.9 Å². The first-order valence-electron chi connectivity index (χ1n) is 7.16. The summed E-state index contributed by atoms with van der Waals surface area (Å²) in [5.41, 5.74) is 1.47. The number of nitrogens with zero attached hydrogens (tertiary/aromatic N) is 3. The lowest BCUT2D eigenvalue weighted by atomic mass is 10.3. The van der Waals surface area contributed by atoms with Gasteiger partial charge in [-0.15, -0.1) is 0 Å². The summed E-state index contributed by atoms with van der Waals surface area (Å²) in [5, 5.41) is 0.610. The van der Waals surface area contributed by atoms with E-state index in [0.717, 1.165) is 50.5 Å². The van der Waals surface area contributed by atoms with Gasteiger partial charge < -0.3 is 9.47 Å². The first-order valence-corrected chi connectivity index (χ1v) is 7.54. The van der Waals surface area contributed by atoms with Gasteiger partial charge in [0.05, 0.1) is 36.6 Å². The van der Waals surface area contributed by atoms with Gasteiger partial charge in [-0.2, -0.15) is 0 Å². The third kappa shape index (κ3) is 3.81. The molecule has 0 atom stereocenters. The fourth-order valence-electron chi connectivity index (χ4n) is 2.36. The maximum absolute atomic E-state index is 6.06. The zero-order chi connectivity index (χ0) is 14.5. The highest BCUT2D eigenvalue weighted by Crippen LogP contribution is 2.22. The summed E-state index contributed by atoms with van der Waals surface area (Å²) >= 11 is 6.06. The van der Waals surface area contributed by atoms with Crippen LogP contribution in [0.25, 0.3) is 11.0 Å². The minimum atomic E-state index is 0.610. The molecule has 0 N–H and O–H groups in total. The molecule has 21 heavy (non-hydrogen) atoms. The Kier molecular flexibility index (Phi) is 4.85. The van der Waals surface area contributed by atoms with Gasteiger partial charge in [0, 0.05) is 31.9 Å². The van der Waals surface area contributed by atoms with E-state index in [1.165, 1.54) is 0 Å². The molecule has 2 aromatic heterocycles.